The molecule has 0 radical (unpaired) electrons. The summed E-state index contributed by atoms with van der Waals surface area (Å²) in [7, 11) is 0. The van der Waals surface area contributed by atoms with Gasteiger partial charge >= 0.3 is 0 Å². The summed E-state index contributed by atoms with van der Waals surface area (Å²) in [5.74, 6) is -0.535. The van der Waals surface area contributed by atoms with Crippen LogP contribution in [0, 0.1) is 0 Å². The van der Waals surface area contributed by atoms with Gasteiger partial charge in [0, 0.05) is 24.5 Å². The van der Waals surface area contributed by atoms with Crippen molar-refractivity contribution in [1.82, 2.24) is 20.4 Å². The number of piperidine rings is 1. The standard InChI is InChI=1S/C17H21N5O2/c18-15(23)14-4-1-3-13(11-14)12-20-16(24)17(5-8-19-9-6-17)22-10-2-7-21-22/h1-4,7,10-11,19H,5-6,8-9,12H2,(H2,18,23)(H,20,24). The number of nitrogens with zero attached hydrogens (tertiary/aromatic N) is 2. The largest absolute Gasteiger partial charge is 0.366 e. The van der Waals surface area contributed by atoms with Gasteiger partial charge in [-0.05, 0) is 49.7 Å². The van der Waals surface area contributed by atoms with Crippen LogP contribution < -0.4 is 16.4 Å². The predicted octanol–water partition coefficient (Wildman–Crippen LogP) is 0.377. The van der Waals surface area contributed by atoms with Crippen molar-refractivity contribution in [2.45, 2.75) is 24.9 Å². The van der Waals surface area contributed by atoms with E-state index in [1.165, 1.54) is 0 Å². The molecule has 2 aromatic rings. The minimum Gasteiger partial charge on any atom is -0.366 e. The van der Waals surface area contributed by atoms with Crippen molar-refractivity contribution < 1.29 is 9.59 Å². The third-order valence-corrected chi connectivity index (χ3v) is 4.46. The zero-order chi connectivity index (χ0) is 17.0. The Morgan fingerprint density at radius 1 is 1.29 bits per heavy atom. The first kappa shape index (κ1) is 16.2. The van der Waals surface area contributed by atoms with Crippen LogP contribution in [0.4, 0.5) is 0 Å². The average Bonchev–Trinajstić information content (AvgIpc) is 3.15. The molecule has 24 heavy (non-hydrogen) atoms. The normalized spacial score (nSPS) is 16.5. The highest BCUT2D eigenvalue weighted by molar-refractivity contribution is 5.93. The van der Waals surface area contributed by atoms with Crippen molar-refractivity contribution in [3.8, 4) is 0 Å². The minimum atomic E-state index is -0.671. The van der Waals surface area contributed by atoms with Crippen LogP contribution in [0.2, 0.25) is 0 Å². The van der Waals surface area contributed by atoms with E-state index in [0.29, 0.717) is 24.9 Å². The molecular formula is C17H21N5O2. The van der Waals surface area contributed by atoms with E-state index < -0.39 is 11.4 Å². The lowest BCUT2D eigenvalue weighted by Gasteiger charge is -2.36. The fraction of sp³-hybridized carbons (Fsp3) is 0.353. The molecule has 7 nitrogen and oxygen atoms in total. The van der Waals surface area contributed by atoms with Gasteiger partial charge in [-0.2, -0.15) is 5.10 Å². The molecule has 3 rings (SSSR count). The number of nitrogens with one attached hydrogen (secondary N) is 2. The van der Waals surface area contributed by atoms with Crippen molar-refractivity contribution in [3.05, 3.63) is 53.9 Å². The summed E-state index contributed by atoms with van der Waals surface area (Å²) >= 11 is 0. The predicted molar refractivity (Wildman–Crippen MR) is 89.1 cm³/mol. The first-order valence-electron chi connectivity index (χ1n) is 8.00. The lowest BCUT2D eigenvalue weighted by atomic mass is 9.87. The van der Waals surface area contributed by atoms with E-state index in [1.54, 1.807) is 29.1 Å². The molecule has 0 aliphatic carbocycles. The summed E-state index contributed by atoms with van der Waals surface area (Å²) in [6.45, 7) is 1.88. The van der Waals surface area contributed by atoms with Crippen LogP contribution in [0.25, 0.3) is 0 Å². The fourth-order valence-electron chi connectivity index (χ4n) is 3.10. The van der Waals surface area contributed by atoms with E-state index in [-0.39, 0.29) is 5.91 Å². The first-order chi connectivity index (χ1) is 11.6. The Kier molecular flexibility index (Phi) is 4.61. The maximum Gasteiger partial charge on any atom is 0.248 e. The Morgan fingerprint density at radius 2 is 2.08 bits per heavy atom. The maximum absolute atomic E-state index is 12.9. The molecule has 1 aliphatic heterocycles. The molecule has 1 aromatic heterocycles. The number of nitrogens with two attached hydrogens (primary N) is 1. The Balaban J connectivity index is 1.75. The summed E-state index contributed by atoms with van der Waals surface area (Å²) in [5.41, 5.74) is 5.90. The summed E-state index contributed by atoms with van der Waals surface area (Å²) in [6, 6.07) is 8.80. The molecule has 2 amide bonds. The van der Waals surface area contributed by atoms with E-state index in [1.807, 2.05) is 18.3 Å². The monoisotopic (exact) mass is 327 g/mol. The molecule has 7 heteroatoms. The molecule has 4 N–H and O–H groups in total. The zero-order valence-corrected chi connectivity index (χ0v) is 13.4. The van der Waals surface area contributed by atoms with Gasteiger partial charge in [-0.3, -0.25) is 14.3 Å². The molecule has 2 heterocycles. The molecule has 1 fully saturated rings. The van der Waals surface area contributed by atoms with Crippen LogP contribution in [-0.4, -0.2) is 34.7 Å². The average molecular weight is 327 g/mol. The summed E-state index contributed by atoms with van der Waals surface area (Å²) in [6.07, 6.45) is 4.88. The Hall–Kier alpha value is -2.67. The van der Waals surface area contributed by atoms with Crippen molar-refractivity contribution >= 4 is 11.8 Å². The number of rotatable bonds is 5. The van der Waals surface area contributed by atoms with Crippen molar-refractivity contribution in [2.75, 3.05) is 13.1 Å². The molecule has 0 unspecified atom stereocenters. The van der Waals surface area contributed by atoms with E-state index in [2.05, 4.69) is 15.7 Å². The van der Waals surface area contributed by atoms with Gasteiger partial charge in [0.25, 0.3) is 0 Å². The highest BCUT2D eigenvalue weighted by atomic mass is 16.2. The highest BCUT2D eigenvalue weighted by Gasteiger charge is 2.41. The molecule has 1 aromatic carbocycles. The number of amides is 2. The second-order valence-corrected chi connectivity index (χ2v) is 5.98. The molecule has 1 aliphatic rings. The third kappa shape index (κ3) is 3.16. The quantitative estimate of drug-likeness (QED) is 0.738. The van der Waals surface area contributed by atoms with Gasteiger partial charge in [0.1, 0.15) is 5.54 Å². The molecular weight excluding hydrogens is 306 g/mol. The Labute approximate surface area is 140 Å². The van der Waals surface area contributed by atoms with Crippen LogP contribution in [0.5, 0.6) is 0 Å². The van der Waals surface area contributed by atoms with Crippen LogP contribution in [0.1, 0.15) is 28.8 Å². The number of primary amides is 1. The van der Waals surface area contributed by atoms with E-state index in [9.17, 15) is 9.59 Å². The Morgan fingerprint density at radius 3 is 2.75 bits per heavy atom. The van der Waals surface area contributed by atoms with Crippen molar-refractivity contribution in [3.63, 3.8) is 0 Å². The van der Waals surface area contributed by atoms with Gasteiger partial charge in [0.05, 0.1) is 0 Å². The Bertz CT molecular complexity index is 720. The molecule has 1 saturated heterocycles. The molecule has 0 bridgehead atoms. The number of carbonyl (C=O) groups excluding carboxylic acids is 2. The van der Waals surface area contributed by atoms with Gasteiger partial charge in [-0.1, -0.05) is 12.1 Å². The van der Waals surface area contributed by atoms with Gasteiger partial charge in [0.15, 0.2) is 0 Å². The number of hydrogen-bond acceptors (Lipinski definition) is 4. The third-order valence-electron chi connectivity index (χ3n) is 4.46. The van der Waals surface area contributed by atoms with E-state index in [4.69, 9.17) is 5.73 Å². The summed E-state index contributed by atoms with van der Waals surface area (Å²) in [4.78, 5) is 24.2. The molecule has 0 spiro atoms. The van der Waals surface area contributed by atoms with Crippen LogP contribution in [0.15, 0.2) is 42.7 Å². The number of aromatic nitrogens is 2. The van der Waals surface area contributed by atoms with Crippen LogP contribution in [-0.2, 0) is 16.9 Å². The van der Waals surface area contributed by atoms with Crippen LogP contribution >= 0.6 is 0 Å². The molecule has 0 atom stereocenters. The second-order valence-electron chi connectivity index (χ2n) is 5.98. The fourth-order valence-corrected chi connectivity index (χ4v) is 3.10. The van der Waals surface area contributed by atoms with Crippen molar-refractivity contribution in [1.29, 1.82) is 0 Å². The van der Waals surface area contributed by atoms with Crippen molar-refractivity contribution in [2.24, 2.45) is 5.73 Å². The maximum atomic E-state index is 12.9. The van der Waals surface area contributed by atoms with Gasteiger partial charge in [0.2, 0.25) is 11.8 Å². The summed E-state index contributed by atoms with van der Waals surface area (Å²) < 4.78 is 1.75. The lowest BCUT2D eigenvalue weighted by molar-refractivity contribution is -0.132. The highest BCUT2D eigenvalue weighted by Crippen LogP contribution is 2.27. The lowest BCUT2D eigenvalue weighted by Crippen LogP contribution is -2.54. The van der Waals surface area contributed by atoms with Gasteiger partial charge < -0.3 is 16.4 Å². The SMILES string of the molecule is NC(=O)c1cccc(CNC(=O)C2(n3cccn3)CCNCC2)c1. The molecule has 126 valence electrons. The number of carbonyl (C=O) groups is 2. The van der Waals surface area contributed by atoms with E-state index in [0.717, 1.165) is 18.7 Å². The molecule has 0 saturated carbocycles. The van der Waals surface area contributed by atoms with Gasteiger partial charge in [-0.25, -0.2) is 0 Å². The first-order valence-corrected chi connectivity index (χ1v) is 8.00. The van der Waals surface area contributed by atoms with E-state index >= 15 is 0 Å². The minimum absolute atomic E-state index is 0.0582. The second kappa shape index (κ2) is 6.84. The summed E-state index contributed by atoms with van der Waals surface area (Å²) in [5, 5.41) is 10.6. The van der Waals surface area contributed by atoms with Crippen LogP contribution in [0.3, 0.4) is 0 Å². The number of benzene rings is 1. The van der Waals surface area contributed by atoms with Gasteiger partial charge in [-0.15, -0.1) is 0 Å². The zero-order valence-electron chi connectivity index (χ0n) is 13.4. The topological polar surface area (TPSA) is 102 Å². The smallest absolute Gasteiger partial charge is 0.248 e. The number of hydrogen-bond donors (Lipinski definition) is 3.